The predicted octanol–water partition coefficient (Wildman–Crippen LogP) is 2.98. The van der Waals surface area contributed by atoms with Gasteiger partial charge in [0.25, 0.3) is 5.69 Å². The average Bonchev–Trinajstić information content (AvgIpc) is 2.92. The highest BCUT2D eigenvalue weighted by Crippen LogP contribution is 2.21. The zero-order valence-electron chi connectivity index (χ0n) is 11.4. The number of nitrogens with zero attached hydrogens (tertiary/aromatic N) is 1. The molecular weight excluding hydrogens is 292 g/mol. The number of methoxy groups -OCH3 is 1. The van der Waals surface area contributed by atoms with Crippen LogP contribution in [-0.2, 0) is 22.5 Å². The number of rotatable bonds is 6. The molecule has 0 amide bonds. The normalized spacial score (nSPS) is 10.1. The van der Waals surface area contributed by atoms with Crippen molar-refractivity contribution in [2.45, 2.75) is 13.0 Å². The molecule has 0 fully saturated rings. The highest BCUT2D eigenvalue weighted by molar-refractivity contribution is 7.12. The van der Waals surface area contributed by atoms with Crippen molar-refractivity contribution in [3.63, 3.8) is 0 Å². The largest absolute Gasteiger partial charge is 0.469 e. The molecule has 7 heteroatoms. The molecule has 6 nitrogen and oxygen atoms in total. The van der Waals surface area contributed by atoms with E-state index in [0.717, 1.165) is 9.75 Å². The van der Waals surface area contributed by atoms with Gasteiger partial charge in [-0.05, 0) is 18.2 Å². The maximum absolute atomic E-state index is 11.2. The van der Waals surface area contributed by atoms with Crippen LogP contribution in [-0.4, -0.2) is 18.0 Å². The Labute approximate surface area is 125 Å². The van der Waals surface area contributed by atoms with Crippen LogP contribution in [0.2, 0.25) is 0 Å². The van der Waals surface area contributed by atoms with Crippen LogP contribution >= 0.6 is 11.3 Å². The van der Waals surface area contributed by atoms with Crippen molar-refractivity contribution in [2.75, 3.05) is 12.4 Å². The van der Waals surface area contributed by atoms with Gasteiger partial charge in [-0.3, -0.25) is 14.9 Å². The summed E-state index contributed by atoms with van der Waals surface area (Å²) in [5, 5.41) is 13.8. The Morgan fingerprint density at radius 2 is 2.10 bits per heavy atom. The minimum absolute atomic E-state index is 0.0533. The van der Waals surface area contributed by atoms with Crippen LogP contribution in [0.1, 0.15) is 9.75 Å². The SMILES string of the molecule is COC(=O)Cc1ccc(CNc2cccc([N+](=O)[O-])c2)s1. The van der Waals surface area contributed by atoms with E-state index in [4.69, 9.17) is 0 Å². The van der Waals surface area contributed by atoms with Gasteiger partial charge in [-0.25, -0.2) is 0 Å². The molecular formula is C14H14N2O4S. The molecule has 0 radical (unpaired) electrons. The van der Waals surface area contributed by atoms with E-state index in [0.29, 0.717) is 12.2 Å². The van der Waals surface area contributed by atoms with Gasteiger partial charge in [0, 0.05) is 34.1 Å². The topological polar surface area (TPSA) is 81.5 Å². The average molecular weight is 306 g/mol. The van der Waals surface area contributed by atoms with Crippen molar-refractivity contribution in [1.82, 2.24) is 0 Å². The first kappa shape index (κ1) is 15.0. The summed E-state index contributed by atoms with van der Waals surface area (Å²) >= 11 is 1.51. The molecule has 0 saturated heterocycles. The highest BCUT2D eigenvalue weighted by atomic mass is 32.1. The Hall–Kier alpha value is -2.41. The standard InChI is InChI=1S/C14H14N2O4S/c1-20-14(17)8-12-5-6-13(21-12)9-15-10-3-2-4-11(7-10)16(18)19/h2-7,15H,8-9H2,1H3. The van der Waals surface area contributed by atoms with Gasteiger partial charge in [-0.15, -0.1) is 11.3 Å². The maximum atomic E-state index is 11.2. The van der Waals surface area contributed by atoms with Gasteiger partial charge in [-0.1, -0.05) is 6.07 Å². The summed E-state index contributed by atoms with van der Waals surface area (Å²) in [4.78, 5) is 23.4. The molecule has 110 valence electrons. The smallest absolute Gasteiger partial charge is 0.310 e. The zero-order chi connectivity index (χ0) is 15.2. The van der Waals surface area contributed by atoms with Crippen molar-refractivity contribution in [3.05, 3.63) is 56.3 Å². The number of ether oxygens (including phenoxy) is 1. The van der Waals surface area contributed by atoms with E-state index in [9.17, 15) is 14.9 Å². The zero-order valence-corrected chi connectivity index (χ0v) is 12.2. The van der Waals surface area contributed by atoms with Crippen LogP contribution in [0.3, 0.4) is 0 Å². The van der Waals surface area contributed by atoms with Crippen molar-refractivity contribution in [2.24, 2.45) is 0 Å². The number of anilines is 1. The molecule has 1 aromatic carbocycles. The molecule has 21 heavy (non-hydrogen) atoms. The number of hydrogen-bond donors (Lipinski definition) is 1. The number of nitro benzene ring substituents is 1. The quantitative estimate of drug-likeness (QED) is 0.504. The third kappa shape index (κ3) is 4.28. The summed E-state index contributed by atoms with van der Waals surface area (Å²) in [6.45, 7) is 0.549. The Bertz CT molecular complexity index is 654. The van der Waals surface area contributed by atoms with E-state index >= 15 is 0 Å². The summed E-state index contributed by atoms with van der Waals surface area (Å²) in [5.74, 6) is -0.268. The fraction of sp³-hybridized carbons (Fsp3) is 0.214. The number of carbonyl (C=O) groups excluding carboxylic acids is 1. The van der Waals surface area contributed by atoms with Gasteiger partial charge >= 0.3 is 5.97 Å². The summed E-state index contributed by atoms with van der Waals surface area (Å²) in [6.07, 6.45) is 0.262. The minimum atomic E-state index is -0.426. The second-order valence-corrected chi connectivity index (χ2v) is 5.53. The number of non-ortho nitro benzene ring substituents is 1. The molecule has 1 heterocycles. The lowest BCUT2D eigenvalue weighted by Crippen LogP contribution is -2.02. The van der Waals surface area contributed by atoms with Crippen molar-refractivity contribution in [1.29, 1.82) is 0 Å². The molecule has 0 aliphatic carbocycles. The summed E-state index contributed by atoms with van der Waals surface area (Å²) < 4.78 is 4.62. The molecule has 1 aromatic heterocycles. The number of carbonyl (C=O) groups is 1. The van der Waals surface area contributed by atoms with Crippen LogP contribution in [0, 0.1) is 10.1 Å². The predicted molar refractivity (Wildman–Crippen MR) is 80.5 cm³/mol. The van der Waals surface area contributed by atoms with Gasteiger partial charge in [-0.2, -0.15) is 0 Å². The Balaban J connectivity index is 1.95. The Kier molecular flexibility index (Phi) is 4.89. The number of nitrogens with one attached hydrogen (secondary N) is 1. The van der Waals surface area contributed by atoms with Crippen LogP contribution in [0.15, 0.2) is 36.4 Å². The number of thiophene rings is 1. The van der Waals surface area contributed by atoms with E-state index in [1.54, 1.807) is 12.1 Å². The molecule has 0 bridgehead atoms. The Morgan fingerprint density at radius 3 is 2.81 bits per heavy atom. The van der Waals surface area contributed by atoms with Gasteiger partial charge in [0.15, 0.2) is 0 Å². The lowest BCUT2D eigenvalue weighted by molar-refractivity contribution is -0.384. The van der Waals surface area contributed by atoms with Crippen LogP contribution in [0.5, 0.6) is 0 Å². The first-order valence-corrected chi connectivity index (χ1v) is 7.03. The fourth-order valence-corrected chi connectivity index (χ4v) is 2.69. The summed E-state index contributed by atoms with van der Waals surface area (Å²) in [5.41, 5.74) is 0.740. The van der Waals surface area contributed by atoms with E-state index < -0.39 is 4.92 Å². The van der Waals surface area contributed by atoms with E-state index in [-0.39, 0.29) is 18.1 Å². The third-order valence-electron chi connectivity index (χ3n) is 2.79. The van der Waals surface area contributed by atoms with Crippen LogP contribution in [0.25, 0.3) is 0 Å². The lowest BCUT2D eigenvalue weighted by atomic mass is 10.3. The molecule has 2 rings (SSSR count). The summed E-state index contributed by atoms with van der Waals surface area (Å²) in [6, 6.07) is 10.2. The fourth-order valence-electron chi connectivity index (χ4n) is 1.75. The Morgan fingerprint density at radius 1 is 1.33 bits per heavy atom. The maximum Gasteiger partial charge on any atom is 0.310 e. The van der Waals surface area contributed by atoms with E-state index in [1.165, 1.54) is 30.6 Å². The first-order valence-electron chi connectivity index (χ1n) is 6.21. The molecule has 0 spiro atoms. The monoisotopic (exact) mass is 306 g/mol. The molecule has 1 N–H and O–H groups in total. The molecule has 0 aliphatic rings. The molecule has 2 aromatic rings. The molecule has 0 saturated carbocycles. The lowest BCUT2D eigenvalue weighted by Gasteiger charge is -2.04. The van der Waals surface area contributed by atoms with Gasteiger partial charge in [0.05, 0.1) is 18.5 Å². The molecule has 0 atom stereocenters. The second-order valence-electron chi connectivity index (χ2n) is 4.28. The van der Waals surface area contributed by atoms with Crippen molar-refractivity contribution < 1.29 is 14.5 Å². The second kappa shape index (κ2) is 6.85. The number of esters is 1. The van der Waals surface area contributed by atoms with E-state index in [2.05, 4.69) is 10.1 Å². The molecule has 0 unspecified atom stereocenters. The van der Waals surface area contributed by atoms with Gasteiger partial charge in [0.1, 0.15) is 0 Å². The minimum Gasteiger partial charge on any atom is -0.469 e. The number of benzene rings is 1. The van der Waals surface area contributed by atoms with Crippen molar-refractivity contribution >= 4 is 28.7 Å². The van der Waals surface area contributed by atoms with Crippen LogP contribution < -0.4 is 5.32 Å². The third-order valence-corrected chi connectivity index (χ3v) is 3.87. The van der Waals surface area contributed by atoms with Crippen molar-refractivity contribution in [3.8, 4) is 0 Å². The molecule has 0 aliphatic heterocycles. The highest BCUT2D eigenvalue weighted by Gasteiger charge is 2.08. The van der Waals surface area contributed by atoms with Gasteiger partial charge < -0.3 is 10.1 Å². The van der Waals surface area contributed by atoms with E-state index in [1.807, 2.05) is 12.1 Å². The van der Waals surface area contributed by atoms with Crippen LogP contribution in [0.4, 0.5) is 11.4 Å². The first-order chi connectivity index (χ1) is 10.1. The van der Waals surface area contributed by atoms with Gasteiger partial charge in [0.2, 0.25) is 0 Å². The number of hydrogen-bond acceptors (Lipinski definition) is 6. The summed E-state index contributed by atoms with van der Waals surface area (Å²) in [7, 11) is 1.36. The number of nitro groups is 1.